The van der Waals surface area contributed by atoms with Crippen LogP contribution in [0, 0.1) is 0 Å². The van der Waals surface area contributed by atoms with E-state index in [2.05, 4.69) is 22.1 Å². The van der Waals surface area contributed by atoms with Gasteiger partial charge in [-0.3, -0.25) is 28.9 Å². The van der Waals surface area contributed by atoms with Gasteiger partial charge >= 0.3 is 11.9 Å². The molecule has 4 atom stereocenters. The van der Waals surface area contributed by atoms with Crippen molar-refractivity contribution in [2.75, 3.05) is 32.5 Å². The molecule has 1 aliphatic rings. The van der Waals surface area contributed by atoms with Gasteiger partial charge < -0.3 is 31.3 Å². The number of carboxylic acid groups (broad SMARTS) is 2. The highest BCUT2D eigenvalue weighted by molar-refractivity contribution is 8.77. The van der Waals surface area contributed by atoms with Gasteiger partial charge in [-0.25, -0.2) is 0 Å². The maximum Gasteiger partial charge on any atom is 0.322 e. The van der Waals surface area contributed by atoms with Gasteiger partial charge in [-0.15, -0.1) is 0 Å². The van der Waals surface area contributed by atoms with Crippen molar-refractivity contribution in [3.05, 3.63) is 58.8 Å². The Morgan fingerprint density at radius 2 is 2.00 bits per heavy atom. The van der Waals surface area contributed by atoms with Crippen LogP contribution in [0.5, 0.6) is 0 Å². The van der Waals surface area contributed by atoms with Crippen molar-refractivity contribution in [3.8, 4) is 0 Å². The quantitative estimate of drug-likeness (QED) is 0.0721. The summed E-state index contributed by atoms with van der Waals surface area (Å²) in [6.45, 7) is 4.48. The standard InChI is InChI=1S/C27H35ClN4O8S2/c1-16(40-2)25(18-5-3-4-6-19(18)28)32-11-9-22(17(14-32)10-12-33)42-41-15-21(26(37)30-13-24(35)36)31-23(34)8-7-20(29)27(38)39/h3-6,10,12,20-22,25H,1,7-9,11,13-15,29H2,2H3,(H,30,37)(H,31,34)(H,35,36)(H,38,39)/b17-10-. The molecule has 1 fully saturated rings. The second-order valence-corrected chi connectivity index (χ2v) is 12.3. The number of carbonyl (C=O) groups excluding carboxylic acids is 3. The maximum absolute atomic E-state index is 12.6. The number of aldehydes is 1. The lowest BCUT2D eigenvalue weighted by Crippen LogP contribution is -2.49. The number of nitrogens with one attached hydrogen (secondary N) is 2. The molecule has 2 amide bonds. The number of allylic oxidation sites excluding steroid dienone is 1. The zero-order valence-corrected chi connectivity index (χ0v) is 25.4. The van der Waals surface area contributed by atoms with Crippen molar-refractivity contribution >= 4 is 63.2 Å². The zero-order valence-electron chi connectivity index (χ0n) is 23.0. The Hall–Kier alpha value is -3.04. The number of amides is 2. The maximum atomic E-state index is 12.6. The third-order valence-electron chi connectivity index (χ3n) is 6.38. The van der Waals surface area contributed by atoms with E-state index in [0.29, 0.717) is 30.3 Å². The first-order chi connectivity index (χ1) is 20.0. The van der Waals surface area contributed by atoms with Gasteiger partial charge in [0.05, 0.1) is 13.2 Å². The topological polar surface area (TPSA) is 188 Å². The molecule has 0 saturated carbocycles. The van der Waals surface area contributed by atoms with Gasteiger partial charge in [0.15, 0.2) is 0 Å². The molecule has 12 nitrogen and oxygen atoms in total. The molecule has 1 aliphatic heterocycles. The average molecular weight is 643 g/mol. The molecule has 2 rings (SSSR count). The number of hydrogen-bond donors (Lipinski definition) is 5. The second kappa shape index (κ2) is 17.8. The van der Waals surface area contributed by atoms with Crippen LogP contribution in [-0.4, -0.2) is 95.0 Å². The minimum Gasteiger partial charge on any atom is -0.500 e. The van der Waals surface area contributed by atoms with E-state index in [0.717, 1.165) is 17.4 Å². The number of hydrogen-bond acceptors (Lipinski definition) is 10. The molecule has 0 aliphatic carbocycles. The van der Waals surface area contributed by atoms with Crippen LogP contribution < -0.4 is 16.4 Å². The third-order valence-corrected chi connectivity index (χ3v) is 9.61. The Morgan fingerprint density at radius 3 is 2.62 bits per heavy atom. The van der Waals surface area contributed by atoms with Crippen LogP contribution in [0.2, 0.25) is 5.02 Å². The van der Waals surface area contributed by atoms with Crippen LogP contribution >= 0.6 is 33.2 Å². The number of carboxylic acids is 2. The molecule has 1 heterocycles. The van der Waals surface area contributed by atoms with Gasteiger partial charge in [-0.2, -0.15) is 0 Å². The fourth-order valence-corrected chi connectivity index (χ4v) is 7.31. The molecule has 0 radical (unpaired) electrons. The van der Waals surface area contributed by atoms with Crippen LogP contribution in [0.15, 0.2) is 48.3 Å². The molecular weight excluding hydrogens is 608 g/mol. The molecule has 15 heteroatoms. The number of nitrogens with zero attached hydrogens (tertiary/aromatic N) is 1. The van der Waals surface area contributed by atoms with Crippen molar-refractivity contribution in [2.24, 2.45) is 5.73 Å². The van der Waals surface area contributed by atoms with Gasteiger partial charge in [0.25, 0.3) is 0 Å². The van der Waals surface area contributed by atoms with E-state index in [1.54, 1.807) is 6.07 Å². The fraction of sp³-hybridized carbons (Fsp3) is 0.444. The Bertz CT molecular complexity index is 1180. The first-order valence-corrected chi connectivity index (χ1v) is 15.6. The van der Waals surface area contributed by atoms with Crippen LogP contribution in [0.4, 0.5) is 0 Å². The smallest absolute Gasteiger partial charge is 0.322 e. The summed E-state index contributed by atoms with van der Waals surface area (Å²) in [4.78, 5) is 60.5. The van der Waals surface area contributed by atoms with E-state index < -0.39 is 42.4 Å². The number of carbonyl (C=O) groups is 5. The summed E-state index contributed by atoms with van der Waals surface area (Å²) in [5.74, 6) is -3.19. The predicted octanol–water partition coefficient (Wildman–Crippen LogP) is 2.00. The van der Waals surface area contributed by atoms with Crippen molar-refractivity contribution in [1.82, 2.24) is 15.5 Å². The molecule has 0 aromatic heterocycles. The molecule has 0 spiro atoms. The SMILES string of the molecule is C=C(OC)C(c1ccccc1Cl)N1CCC(SSCC(NC(=O)CCC(N)C(=O)O)C(=O)NCC(=O)O)/C(=C\C=O)C1. The molecular formula is C27H35ClN4O8S2. The fourth-order valence-electron chi connectivity index (χ4n) is 4.18. The number of aliphatic carboxylic acids is 2. The number of benzene rings is 1. The number of halogens is 1. The normalized spacial score (nSPS) is 18.4. The number of nitrogens with two attached hydrogens (primary N) is 1. The molecule has 230 valence electrons. The van der Waals surface area contributed by atoms with Crippen molar-refractivity contribution in [3.63, 3.8) is 0 Å². The zero-order chi connectivity index (χ0) is 31.2. The molecule has 0 bridgehead atoms. The van der Waals surface area contributed by atoms with E-state index in [9.17, 15) is 24.0 Å². The largest absolute Gasteiger partial charge is 0.500 e. The van der Waals surface area contributed by atoms with E-state index >= 15 is 0 Å². The van der Waals surface area contributed by atoms with Crippen LogP contribution in [0.3, 0.4) is 0 Å². The Morgan fingerprint density at radius 1 is 1.29 bits per heavy atom. The van der Waals surface area contributed by atoms with Crippen molar-refractivity contribution < 1.29 is 38.9 Å². The predicted molar refractivity (Wildman–Crippen MR) is 162 cm³/mol. The van der Waals surface area contributed by atoms with Crippen molar-refractivity contribution in [1.29, 1.82) is 0 Å². The summed E-state index contributed by atoms with van der Waals surface area (Å²) in [6, 6.07) is 4.74. The highest BCUT2D eigenvalue weighted by atomic mass is 35.5. The number of likely N-dealkylation sites (tertiary alicyclic amines) is 1. The molecule has 1 saturated heterocycles. The summed E-state index contributed by atoms with van der Waals surface area (Å²) in [5, 5.41) is 23.1. The van der Waals surface area contributed by atoms with Crippen LogP contribution in [-0.2, 0) is 28.7 Å². The Kier molecular flexibility index (Phi) is 14.9. The lowest BCUT2D eigenvalue weighted by atomic mass is 9.97. The van der Waals surface area contributed by atoms with E-state index in [4.69, 9.17) is 32.3 Å². The first-order valence-electron chi connectivity index (χ1n) is 12.9. The summed E-state index contributed by atoms with van der Waals surface area (Å²) < 4.78 is 5.48. The highest BCUT2D eigenvalue weighted by Crippen LogP contribution is 2.40. The minimum atomic E-state index is -1.25. The lowest BCUT2D eigenvalue weighted by Gasteiger charge is -2.39. The van der Waals surface area contributed by atoms with Gasteiger partial charge in [0.2, 0.25) is 11.8 Å². The van der Waals surface area contributed by atoms with Gasteiger partial charge in [0, 0.05) is 35.5 Å². The van der Waals surface area contributed by atoms with E-state index in [1.807, 2.05) is 18.2 Å². The number of ether oxygens (including phenoxy) is 1. The van der Waals surface area contributed by atoms with Crippen LogP contribution in [0.1, 0.15) is 30.9 Å². The van der Waals surface area contributed by atoms with Gasteiger partial charge in [-0.05, 0) is 36.1 Å². The first kappa shape index (κ1) is 35.2. The van der Waals surface area contributed by atoms with Gasteiger partial charge in [-0.1, -0.05) is 58.0 Å². The molecule has 1 aromatic rings. The minimum absolute atomic E-state index is 0.0875. The van der Waals surface area contributed by atoms with E-state index in [1.165, 1.54) is 34.8 Å². The summed E-state index contributed by atoms with van der Waals surface area (Å²) in [6.07, 6.45) is 2.52. The summed E-state index contributed by atoms with van der Waals surface area (Å²) in [7, 11) is 4.25. The Labute approximate surface area is 256 Å². The Balaban J connectivity index is 2.08. The average Bonchev–Trinajstić information content (AvgIpc) is 2.96. The van der Waals surface area contributed by atoms with Crippen molar-refractivity contribution in [2.45, 2.75) is 42.6 Å². The van der Waals surface area contributed by atoms with E-state index in [-0.39, 0.29) is 29.9 Å². The lowest BCUT2D eigenvalue weighted by molar-refractivity contribution is -0.139. The summed E-state index contributed by atoms with van der Waals surface area (Å²) >= 11 is 6.48. The van der Waals surface area contributed by atoms with Gasteiger partial charge in [0.1, 0.15) is 30.7 Å². The molecule has 4 unspecified atom stereocenters. The monoisotopic (exact) mass is 642 g/mol. The molecule has 1 aromatic carbocycles. The number of piperidine rings is 1. The summed E-state index contributed by atoms with van der Waals surface area (Å²) in [5.41, 5.74) is 7.11. The number of methoxy groups -OCH3 is 1. The number of rotatable bonds is 17. The highest BCUT2D eigenvalue weighted by Gasteiger charge is 2.33. The molecule has 6 N–H and O–H groups in total. The molecule has 42 heavy (non-hydrogen) atoms. The third kappa shape index (κ3) is 11.0. The van der Waals surface area contributed by atoms with Crippen LogP contribution in [0.25, 0.3) is 0 Å². The second-order valence-electron chi connectivity index (χ2n) is 9.32.